The zero-order valence-electron chi connectivity index (χ0n) is 12.0. The maximum Gasteiger partial charge on any atom is 0.412 e. The van der Waals surface area contributed by atoms with Crippen molar-refractivity contribution < 1.29 is 19.1 Å². The van der Waals surface area contributed by atoms with Crippen LogP contribution in [0.4, 0.5) is 10.5 Å². The third kappa shape index (κ3) is 6.23. The van der Waals surface area contributed by atoms with Crippen molar-refractivity contribution in [2.75, 3.05) is 11.4 Å². The highest BCUT2D eigenvalue weighted by Gasteiger charge is 2.18. The number of carbonyl (C=O) groups excluding carboxylic acids is 2. The van der Waals surface area contributed by atoms with Gasteiger partial charge in [-0.05, 0) is 32.4 Å². The lowest BCUT2D eigenvalue weighted by Gasteiger charge is -2.20. The quantitative estimate of drug-likeness (QED) is 0.668. The smallest absolute Gasteiger partial charge is 0.412 e. The van der Waals surface area contributed by atoms with Crippen LogP contribution in [0.1, 0.15) is 26.3 Å². The number of halogens is 2. The van der Waals surface area contributed by atoms with Crippen molar-refractivity contribution in [2.24, 2.45) is 0 Å². The van der Waals surface area contributed by atoms with Gasteiger partial charge in [0.1, 0.15) is 5.60 Å². The van der Waals surface area contributed by atoms with Gasteiger partial charge >= 0.3 is 12.1 Å². The maximum absolute atomic E-state index is 11.7. The van der Waals surface area contributed by atoms with Crippen molar-refractivity contribution in [3.8, 4) is 0 Å². The van der Waals surface area contributed by atoms with Crippen molar-refractivity contribution in [1.29, 1.82) is 0 Å². The van der Waals surface area contributed by atoms with Gasteiger partial charge in [-0.1, -0.05) is 35.3 Å². The van der Waals surface area contributed by atoms with E-state index in [9.17, 15) is 9.59 Å². The molecule has 1 aromatic rings. The molecular weight excluding hydrogens is 317 g/mol. The Morgan fingerprint density at radius 2 is 1.95 bits per heavy atom. The lowest BCUT2D eigenvalue weighted by atomic mass is 10.1. The standard InChI is InChI=1S/C14H17Cl2NO4/c1-14(2,3)21-13(19)17-10-6-4-5-9(12(10)16)7-11(18)20-8-15/h4-6H,7-8H2,1-3H3,(H,17,19). The second-order valence-corrected chi connectivity index (χ2v) is 5.80. The summed E-state index contributed by atoms with van der Waals surface area (Å²) in [5.41, 5.74) is 0.278. The van der Waals surface area contributed by atoms with Crippen LogP contribution in [0.3, 0.4) is 0 Å². The second-order valence-electron chi connectivity index (χ2n) is 5.21. The first-order valence-corrected chi connectivity index (χ1v) is 7.13. The molecule has 0 bridgehead atoms. The molecule has 0 aliphatic carbocycles. The first kappa shape index (κ1) is 17.6. The van der Waals surface area contributed by atoms with E-state index in [1.165, 1.54) is 0 Å². The summed E-state index contributed by atoms with van der Waals surface area (Å²) >= 11 is 11.5. The number of hydrogen-bond acceptors (Lipinski definition) is 4. The van der Waals surface area contributed by atoms with Crippen LogP contribution in [-0.4, -0.2) is 23.7 Å². The number of amides is 1. The molecule has 0 unspecified atom stereocenters. The van der Waals surface area contributed by atoms with E-state index in [-0.39, 0.29) is 17.5 Å². The molecule has 7 heteroatoms. The monoisotopic (exact) mass is 333 g/mol. The minimum Gasteiger partial charge on any atom is -0.449 e. The van der Waals surface area contributed by atoms with E-state index in [4.69, 9.17) is 27.9 Å². The zero-order chi connectivity index (χ0) is 16.0. The number of alkyl halides is 1. The molecule has 5 nitrogen and oxygen atoms in total. The SMILES string of the molecule is CC(C)(C)OC(=O)Nc1cccc(CC(=O)OCCl)c1Cl. The molecule has 0 atom stereocenters. The summed E-state index contributed by atoms with van der Waals surface area (Å²) in [4.78, 5) is 23.1. The van der Waals surface area contributed by atoms with E-state index in [0.29, 0.717) is 11.3 Å². The van der Waals surface area contributed by atoms with Gasteiger partial charge in [-0.2, -0.15) is 0 Å². The van der Waals surface area contributed by atoms with E-state index in [1.54, 1.807) is 39.0 Å². The van der Waals surface area contributed by atoms with Gasteiger partial charge in [0.05, 0.1) is 17.1 Å². The molecule has 0 heterocycles. The van der Waals surface area contributed by atoms with Gasteiger partial charge < -0.3 is 9.47 Å². The molecule has 116 valence electrons. The van der Waals surface area contributed by atoms with Crippen molar-refractivity contribution >= 4 is 41.0 Å². The summed E-state index contributed by atoms with van der Waals surface area (Å²) in [7, 11) is 0. The molecular formula is C14H17Cl2NO4. The number of anilines is 1. The normalized spacial score (nSPS) is 10.9. The summed E-state index contributed by atoms with van der Waals surface area (Å²) < 4.78 is 9.78. The van der Waals surface area contributed by atoms with Crippen LogP contribution in [0.5, 0.6) is 0 Å². The Labute approximate surface area is 133 Å². The first-order valence-electron chi connectivity index (χ1n) is 6.22. The predicted octanol–water partition coefficient (Wildman–Crippen LogP) is 3.97. The Hall–Kier alpha value is -1.46. The Bertz CT molecular complexity index is 526. The van der Waals surface area contributed by atoms with Gasteiger partial charge in [0, 0.05) is 0 Å². The Morgan fingerprint density at radius 1 is 1.29 bits per heavy atom. The summed E-state index contributed by atoms with van der Waals surface area (Å²) in [6, 6.07) is 4.73. The first-order chi connectivity index (χ1) is 9.73. The molecule has 0 saturated heterocycles. The highest BCUT2D eigenvalue weighted by atomic mass is 35.5. The average Bonchev–Trinajstić information content (AvgIpc) is 2.32. The fourth-order valence-electron chi connectivity index (χ4n) is 1.49. The Morgan fingerprint density at radius 3 is 2.52 bits per heavy atom. The largest absolute Gasteiger partial charge is 0.449 e. The average molecular weight is 334 g/mol. The van der Waals surface area contributed by atoms with E-state index in [0.717, 1.165) is 0 Å². The molecule has 1 N–H and O–H groups in total. The molecule has 0 aliphatic rings. The summed E-state index contributed by atoms with van der Waals surface area (Å²) in [5.74, 6) is -0.499. The van der Waals surface area contributed by atoms with Crippen LogP contribution in [-0.2, 0) is 20.7 Å². The van der Waals surface area contributed by atoms with Crippen LogP contribution in [0.15, 0.2) is 18.2 Å². The molecule has 21 heavy (non-hydrogen) atoms. The summed E-state index contributed by atoms with van der Waals surface area (Å²) in [6.07, 6.45) is -0.653. The van der Waals surface area contributed by atoms with Crippen molar-refractivity contribution in [2.45, 2.75) is 32.8 Å². The molecule has 0 spiro atoms. The van der Waals surface area contributed by atoms with Gasteiger partial charge in [0.25, 0.3) is 0 Å². The molecule has 0 aromatic heterocycles. The lowest BCUT2D eigenvalue weighted by molar-refractivity contribution is -0.140. The van der Waals surface area contributed by atoms with Crippen molar-refractivity contribution in [1.82, 2.24) is 0 Å². The third-order valence-electron chi connectivity index (χ3n) is 2.26. The molecule has 1 rings (SSSR count). The summed E-state index contributed by atoms with van der Waals surface area (Å²) in [6.45, 7) is 5.27. The number of rotatable bonds is 4. The fraction of sp³-hybridized carbons (Fsp3) is 0.429. The second kappa shape index (κ2) is 7.52. The maximum atomic E-state index is 11.7. The van der Waals surface area contributed by atoms with Crippen LogP contribution in [0, 0.1) is 0 Å². The lowest BCUT2D eigenvalue weighted by Crippen LogP contribution is -2.27. The molecule has 0 radical (unpaired) electrons. The van der Waals surface area contributed by atoms with Gasteiger partial charge in [-0.15, -0.1) is 0 Å². The highest BCUT2D eigenvalue weighted by molar-refractivity contribution is 6.34. The number of ether oxygens (including phenoxy) is 2. The molecule has 0 saturated carbocycles. The predicted molar refractivity (Wildman–Crippen MR) is 81.8 cm³/mol. The van der Waals surface area contributed by atoms with E-state index >= 15 is 0 Å². The van der Waals surface area contributed by atoms with E-state index < -0.39 is 17.7 Å². The number of esters is 1. The minimum absolute atomic E-state index is 0.0323. The van der Waals surface area contributed by atoms with Gasteiger partial charge in [-0.3, -0.25) is 10.1 Å². The molecule has 0 aliphatic heterocycles. The van der Waals surface area contributed by atoms with Gasteiger partial charge in [-0.25, -0.2) is 4.79 Å². The zero-order valence-corrected chi connectivity index (χ0v) is 13.5. The van der Waals surface area contributed by atoms with Crippen LogP contribution < -0.4 is 5.32 Å². The number of hydrogen-bond donors (Lipinski definition) is 1. The number of carbonyl (C=O) groups is 2. The van der Waals surface area contributed by atoms with Crippen molar-refractivity contribution in [3.05, 3.63) is 28.8 Å². The molecule has 0 fully saturated rings. The van der Waals surface area contributed by atoms with Crippen LogP contribution in [0.2, 0.25) is 5.02 Å². The summed E-state index contributed by atoms with van der Waals surface area (Å²) in [5, 5.41) is 2.80. The fourth-order valence-corrected chi connectivity index (χ4v) is 1.86. The van der Waals surface area contributed by atoms with E-state index in [1.807, 2.05) is 0 Å². The van der Waals surface area contributed by atoms with Gasteiger partial charge in [0.2, 0.25) is 0 Å². The highest BCUT2D eigenvalue weighted by Crippen LogP contribution is 2.27. The van der Waals surface area contributed by atoms with Crippen LogP contribution in [0.25, 0.3) is 0 Å². The van der Waals surface area contributed by atoms with Crippen molar-refractivity contribution in [3.63, 3.8) is 0 Å². The molecule has 1 amide bonds. The van der Waals surface area contributed by atoms with E-state index in [2.05, 4.69) is 10.1 Å². The van der Waals surface area contributed by atoms with Crippen LogP contribution >= 0.6 is 23.2 Å². The Kier molecular flexibility index (Phi) is 6.30. The minimum atomic E-state index is -0.620. The number of nitrogens with one attached hydrogen (secondary N) is 1. The molecule has 1 aromatic carbocycles. The number of benzene rings is 1. The third-order valence-corrected chi connectivity index (χ3v) is 2.82. The Balaban J connectivity index is 2.81. The topological polar surface area (TPSA) is 64.6 Å². The van der Waals surface area contributed by atoms with Gasteiger partial charge in [0.15, 0.2) is 6.07 Å².